The fourth-order valence-electron chi connectivity index (χ4n) is 4.28. The molecule has 1 atom stereocenters. The minimum absolute atomic E-state index is 0.172. The summed E-state index contributed by atoms with van der Waals surface area (Å²) in [4.78, 5) is 44.5. The van der Waals surface area contributed by atoms with Crippen LogP contribution in [0.3, 0.4) is 0 Å². The van der Waals surface area contributed by atoms with Crippen molar-refractivity contribution < 1.29 is 33.4 Å². The molecule has 1 amide bonds. The zero-order chi connectivity index (χ0) is 27.0. The number of ketones is 1. The Kier molecular flexibility index (Phi) is 6.64. The van der Waals surface area contributed by atoms with Crippen LogP contribution >= 0.6 is 11.3 Å². The van der Waals surface area contributed by atoms with Crippen LogP contribution in [0.4, 0.5) is 9.52 Å². The van der Waals surface area contributed by atoms with Gasteiger partial charge in [-0.25, -0.2) is 14.2 Å². The number of nitrogens with zero attached hydrogens (tertiary/aromatic N) is 2. The molecule has 0 spiro atoms. The van der Waals surface area contributed by atoms with E-state index in [4.69, 9.17) is 9.47 Å². The van der Waals surface area contributed by atoms with Crippen LogP contribution in [0.2, 0.25) is 0 Å². The first-order valence-electron chi connectivity index (χ1n) is 11.6. The van der Waals surface area contributed by atoms with Crippen LogP contribution in [0.1, 0.15) is 34.5 Å². The molecule has 0 bridgehead atoms. The minimum Gasteiger partial charge on any atom is -0.507 e. The predicted octanol–water partition coefficient (Wildman–Crippen LogP) is 5.25. The molecule has 3 aromatic carbocycles. The third-order valence-electron chi connectivity index (χ3n) is 6.08. The number of hydrogen-bond acceptors (Lipinski definition) is 8. The van der Waals surface area contributed by atoms with Crippen LogP contribution in [0, 0.1) is 5.82 Å². The average Bonchev–Trinajstić information content (AvgIpc) is 3.46. The van der Waals surface area contributed by atoms with Crippen LogP contribution in [0.5, 0.6) is 5.75 Å². The van der Waals surface area contributed by atoms with Gasteiger partial charge in [-0.15, -0.1) is 0 Å². The summed E-state index contributed by atoms with van der Waals surface area (Å²) in [5.41, 5.74) is 1.33. The number of aliphatic hydroxyl groups excluding tert-OH is 1. The molecule has 0 saturated carbocycles. The van der Waals surface area contributed by atoms with E-state index in [9.17, 15) is 23.9 Å². The number of carbonyl (C=O) groups is 3. The van der Waals surface area contributed by atoms with Crippen LogP contribution in [0.25, 0.3) is 16.0 Å². The number of benzene rings is 3. The van der Waals surface area contributed by atoms with E-state index in [0.29, 0.717) is 23.4 Å². The number of anilines is 1. The Balaban J connectivity index is 1.68. The summed E-state index contributed by atoms with van der Waals surface area (Å²) in [5.74, 6) is -2.66. The number of amides is 1. The molecule has 8 nitrogen and oxygen atoms in total. The van der Waals surface area contributed by atoms with Gasteiger partial charge in [0.2, 0.25) is 0 Å². The zero-order valence-corrected chi connectivity index (χ0v) is 21.1. The highest BCUT2D eigenvalue weighted by Gasteiger charge is 2.48. The van der Waals surface area contributed by atoms with E-state index < -0.39 is 35.3 Å². The fourth-order valence-corrected chi connectivity index (χ4v) is 5.30. The first-order chi connectivity index (χ1) is 18.3. The molecule has 1 fully saturated rings. The Morgan fingerprint density at radius 1 is 1.05 bits per heavy atom. The number of fused-ring (bicyclic) bond motifs is 1. The van der Waals surface area contributed by atoms with Gasteiger partial charge in [0.15, 0.2) is 5.13 Å². The molecule has 1 aliphatic heterocycles. The molecule has 0 radical (unpaired) electrons. The number of ether oxygens (including phenoxy) is 2. The summed E-state index contributed by atoms with van der Waals surface area (Å²) in [5, 5.41) is 11.4. The monoisotopic (exact) mass is 532 g/mol. The summed E-state index contributed by atoms with van der Waals surface area (Å²) in [6.45, 7) is 2.35. The summed E-state index contributed by atoms with van der Waals surface area (Å²) in [6, 6.07) is 15.4. The molecule has 192 valence electrons. The van der Waals surface area contributed by atoms with Crippen molar-refractivity contribution in [3.8, 4) is 5.75 Å². The van der Waals surface area contributed by atoms with Crippen molar-refractivity contribution in [3.05, 3.63) is 94.8 Å². The first-order valence-corrected chi connectivity index (χ1v) is 12.4. The maximum atomic E-state index is 13.5. The molecule has 2 heterocycles. The third-order valence-corrected chi connectivity index (χ3v) is 7.09. The maximum Gasteiger partial charge on any atom is 0.337 e. The largest absolute Gasteiger partial charge is 0.507 e. The lowest BCUT2D eigenvalue weighted by Gasteiger charge is -2.23. The molecule has 1 saturated heterocycles. The van der Waals surface area contributed by atoms with Crippen LogP contribution < -0.4 is 9.64 Å². The molecular formula is C28H21FN2O6S. The number of Topliss-reactive ketones (excluding diaryl/α,β-unsaturated/α-hetero) is 1. The van der Waals surface area contributed by atoms with Gasteiger partial charge in [0, 0.05) is 5.56 Å². The number of thiazole rings is 1. The normalized spacial score (nSPS) is 16.7. The Bertz CT molecular complexity index is 1590. The van der Waals surface area contributed by atoms with E-state index in [0.717, 1.165) is 16.8 Å². The Morgan fingerprint density at radius 3 is 2.39 bits per heavy atom. The lowest BCUT2D eigenvalue weighted by atomic mass is 9.95. The maximum absolute atomic E-state index is 13.5. The summed E-state index contributed by atoms with van der Waals surface area (Å²) in [6.07, 6.45) is 0. The van der Waals surface area contributed by atoms with E-state index in [1.54, 1.807) is 30.3 Å². The second-order valence-corrected chi connectivity index (χ2v) is 9.36. The summed E-state index contributed by atoms with van der Waals surface area (Å²) >= 11 is 1.20. The van der Waals surface area contributed by atoms with Crippen LogP contribution in [0.15, 0.2) is 72.3 Å². The van der Waals surface area contributed by atoms with Gasteiger partial charge in [0.05, 0.1) is 41.1 Å². The molecule has 1 aromatic heterocycles. The van der Waals surface area contributed by atoms with Crippen molar-refractivity contribution >= 4 is 50.1 Å². The number of hydrogen-bond donors (Lipinski definition) is 1. The molecule has 1 unspecified atom stereocenters. The molecule has 4 aromatic rings. The Labute approximate surface area is 220 Å². The van der Waals surface area contributed by atoms with E-state index >= 15 is 0 Å². The molecular weight excluding hydrogens is 511 g/mol. The molecule has 5 rings (SSSR count). The smallest absolute Gasteiger partial charge is 0.337 e. The number of esters is 1. The molecule has 1 N–H and O–H groups in total. The van der Waals surface area contributed by atoms with E-state index in [1.807, 2.05) is 6.92 Å². The van der Waals surface area contributed by atoms with Crippen LogP contribution in [-0.2, 0) is 14.3 Å². The van der Waals surface area contributed by atoms with Gasteiger partial charge >= 0.3 is 11.9 Å². The lowest BCUT2D eigenvalue weighted by molar-refractivity contribution is -0.132. The van der Waals surface area contributed by atoms with Crippen LogP contribution in [-0.4, -0.2) is 41.5 Å². The average molecular weight is 533 g/mol. The number of methoxy groups -OCH3 is 1. The quantitative estimate of drug-likeness (QED) is 0.157. The highest BCUT2D eigenvalue weighted by Crippen LogP contribution is 2.44. The van der Waals surface area contributed by atoms with E-state index in [2.05, 4.69) is 4.98 Å². The van der Waals surface area contributed by atoms with Gasteiger partial charge in [-0.3, -0.25) is 14.5 Å². The lowest BCUT2D eigenvalue weighted by Crippen LogP contribution is -2.29. The topological polar surface area (TPSA) is 106 Å². The van der Waals surface area contributed by atoms with Gasteiger partial charge in [-0.1, -0.05) is 23.5 Å². The van der Waals surface area contributed by atoms with E-state index in [1.165, 1.54) is 47.6 Å². The molecule has 10 heteroatoms. The SMILES string of the molecule is CCOc1ccc2nc(N3C(=O)C(=O)/C(=C(/O)c4ccc(F)cc4)C3c3ccc(C(=O)OC)cc3)sc2c1. The van der Waals surface area contributed by atoms with Crippen molar-refractivity contribution in [2.24, 2.45) is 0 Å². The number of aliphatic hydroxyl groups is 1. The Hall–Kier alpha value is -4.57. The van der Waals surface area contributed by atoms with Crippen molar-refractivity contribution in [1.82, 2.24) is 4.98 Å². The number of carbonyl (C=O) groups excluding carboxylic acids is 3. The van der Waals surface area contributed by atoms with E-state index in [-0.39, 0.29) is 21.8 Å². The second kappa shape index (κ2) is 10.1. The Morgan fingerprint density at radius 2 is 1.74 bits per heavy atom. The van der Waals surface area contributed by atoms with Gasteiger partial charge in [0.1, 0.15) is 17.3 Å². The summed E-state index contributed by atoms with van der Waals surface area (Å²) < 4.78 is 24.6. The molecule has 1 aliphatic rings. The zero-order valence-electron chi connectivity index (χ0n) is 20.3. The predicted molar refractivity (Wildman–Crippen MR) is 140 cm³/mol. The van der Waals surface area contributed by atoms with Gasteiger partial charge in [0.25, 0.3) is 5.78 Å². The third kappa shape index (κ3) is 4.39. The molecule has 38 heavy (non-hydrogen) atoms. The van der Waals surface area contributed by atoms with Crippen molar-refractivity contribution in [3.63, 3.8) is 0 Å². The number of rotatable bonds is 6. The highest BCUT2D eigenvalue weighted by molar-refractivity contribution is 7.22. The van der Waals surface area contributed by atoms with Crippen molar-refractivity contribution in [2.75, 3.05) is 18.6 Å². The fraction of sp³-hybridized carbons (Fsp3) is 0.143. The van der Waals surface area contributed by atoms with Gasteiger partial charge in [-0.2, -0.15) is 0 Å². The summed E-state index contributed by atoms with van der Waals surface area (Å²) in [7, 11) is 1.26. The van der Waals surface area contributed by atoms with Crippen molar-refractivity contribution in [1.29, 1.82) is 0 Å². The highest BCUT2D eigenvalue weighted by atomic mass is 32.1. The van der Waals surface area contributed by atoms with Crippen molar-refractivity contribution in [2.45, 2.75) is 13.0 Å². The number of halogens is 1. The van der Waals surface area contributed by atoms with Gasteiger partial charge < -0.3 is 14.6 Å². The number of aromatic nitrogens is 1. The standard InChI is InChI=1S/C28H21FN2O6S/c1-3-37-19-12-13-20-21(14-19)38-28(30-20)31-23(15-4-6-17(7-5-15)27(35)36-2)22(25(33)26(31)34)24(32)16-8-10-18(29)11-9-16/h4-14,23,32H,3H2,1-2H3/b24-22+. The van der Waals surface area contributed by atoms with Gasteiger partial charge in [-0.05, 0) is 67.1 Å². The minimum atomic E-state index is -1.06. The first kappa shape index (κ1) is 25.1. The second-order valence-electron chi connectivity index (χ2n) is 8.35. The molecule has 0 aliphatic carbocycles.